The molecule has 154 valence electrons. The standard InChI is InChI=1S/C20H22N2O4S3/c1-27-13-11-22-17-9-8-16(29(2,24)25)14-18(17)28-20(22)21-19(23)10-12-26-15-6-4-3-5-7-15/h3-9,14H,10-13H2,1-2H3. The van der Waals surface area contributed by atoms with Gasteiger partial charge in [0.05, 0.1) is 28.1 Å². The zero-order valence-electron chi connectivity index (χ0n) is 16.2. The van der Waals surface area contributed by atoms with Gasteiger partial charge in [0.2, 0.25) is 0 Å². The lowest BCUT2D eigenvalue weighted by atomic mass is 10.3. The van der Waals surface area contributed by atoms with E-state index in [1.54, 1.807) is 30.0 Å². The number of rotatable bonds is 8. The van der Waals surface area contributed by atoms with Crippen LogP contribution in [0.4, 0.5) is 0 Å². The normalized spacial score (nSPS) is 12.4. The van der Waals surface area contributed by atoms with Crippen molar-refractivity contribution in [1.82, 2.24) is 4.57 Å². The van der Waals surface area contributed by atoms with Crippen molar-refractivity contribution >= 4 is 49.1 Å². The van der Waals surface area contributed by atoms with Crippen LogP contribution in [-0.2, 0) is 21.2 Å². The molecule has 1 aromatic heterocycles. The van der Waals surface area contributed by atoms with Crippen LogP contribution in [0, 0.1) is 0 Å². The molecule has 9 heteroatoms. The summed E-state index contributed by atoms with van der Waals surface area (Å²) in [5.74, 6) is 1.30. The quantitative estimate of drug-likeness (QED) is 0.526. The van der Waals surface area contributed by atoms with Gasteiger partial charge in [-0.1, -0.05) is 29.5 Å². The smallest absolute Gasteiger partial charge is 0.251 e. The number of benzene rings is 2. The molecule has 0 fully saturated rings. The van der Waals surface area contributed by atoms with E-state index in [9.17, 15) is 13.2 Å². The van der Waals surface area contributed by atoms with E-state index in [1.807, 2.05) is 41.2 Å². The SMILES string of the molecule is CSCCn1c(=NC(=O)CCOc2ccccc2)sc2cc(S(C)(=O)=O)ccc21. The van der Waals surface area contributed by atoms with Gasteiger partial charge < -0.3 is 9.30 Å². The summed E-state index contributed by atoms with van der Waals surface area (Å²) >= 11 is 3.02. The van der Waals surface area contributed by atoms with Crippen LogP contribution in [0.2, 0.25) is 0 Å². The second-order valence-electron chi connectivity index (χ2n) is 6.35. The number of hydrogen-bond donors (Lipinski definition) is 0. The summed E-state index contributed by atoms with van der Waals surface area (Å²) in [6.45, 7) is 0.937. The number of thiazole rings is 1. The lowest BCUT2D eigenvalue weighted by Gasteiger charge is -2.05. The molecule has 1 heterocycles. The number of aryl methyl sites for hydroxylation is 1. The molecular weight excluding hydrogens is 428 g/mol. The Morgan fingerprint density at radius 3 is 2.66 bits per heavy atom. The van der Waals surface area contributed by atoms with Crippen molar-refractivity contribution in [1.29, 1.82) is 0 Å². The van der Waals surface area contributed by atoms with E-state index in [1.165, 1.54) is 17.6 Å². The molecule has 29 heavy (non-hydrogen) atoms. The summed E-state index contributed by atoms with van der Waals surface area (Å²) in [5, 5.41) is 0. The van der Waals surface area contributed by atoms with Gasteiger partial charge in [0.1, 0.15) is 5.75 Å². The van der Waals surface area contributed by atoms with E-state index in [4.69, 9.17) is 4.74 Å². The van der Waals surface area contributed by atoms with Crippen molar-refractivity contribution in [2.45, 2.75) is 17.9 Å². The number of amides is 1. The lowest BCUT2D eigenvalue weighted by Crippen LogP contribution is -2.18. The van der Waals surface area contributed by atoms with Crippen LogP contribution in [0.15, 0.2) is 58.4 Å². The first-order valence-electron chi connectivity index (χ1n) is 8.96. The van der Waals surface area contributed by atoms with Crippen LogP contribution in [0.25, 0.3) is 10.2 Å². The molecule has 2 aromatic carbocycles. The average Bonchev–Trinajstić information content (AvgIpc) is 3.02. The van der Waals surface area contributed by atoms with Gasteiger partial charge in [0.15, 0.2) is 14.6 Å². The Kier molecular flexibility index (Phi) is 7.15. The average molecular weight is 451 g/mol. The second kappa shape index (κ2) is 9.60. The number of ether oxygens (including phenoxy) is 1. The fourth-order valence-electron chi connectivity index (χ4n) is 2.70. The summed E-state index contributed by atoms with van der Waals surface area (Å²) in [5.41, 5.74) is 0.878. The summed E-state index contributed by atoms with van der Waals surface area (Å²) in [6.07, 6.45) is 3.37. The van der Waals surface area contributed by atoms with Crippen LogP contribution in [-0.4, -0.2) is 43.8 Å². The van der Waals surface area contributed by atoms with E-state index < -0.39 is 9.84 Å². The predicted octanol–water partition coefficient (Wildman–Crippen LogP) is 3.37. The number of nitrogens with zero attached hydrogens (tertiary/aromatic N) is 2. The minimum atomic E-state index is -3.30. The minimum absolute atomic E-state index is 0.167. The first kappa shape index (κ1) is 21.6. The number of carbonyl (C=O) groups excluding carboxylic acids is 1. The van der Waals surface area contributed by atoms with Crippen LogP contribution >= 0.6 is 23.1 Å². The molecule has 0 saturated heterocycles. The number of carbonyl (C=O) groups is 1. The zero-order chi connectivity index (χ0) is 20.9. The fraction of sp³-hybridized carbons (Fsp3) is 0.300. The van der Waals surface area contributed by atoms with Crippen molar-refractivity contribution in [3.05, 3.63) is 53.3 Å². The summed E-state index contributed by atoms with van der Waals surface area (Å²) in [6, 6.07) is 14.3. The Hall–Kier alpha value is -2.10. The maximum Gasteiger partial charge on any atom is 0.251 e. The zero-order valence-corrected chi connectivity index (χ0v) is 18.6. The van der Waals surface area contributed by atoms with Crippen molar-refractivity contribution in [3.8, 4) is 5.75 Å². The van der Waals surface area contributed by atoms with Crippen LogP contribution in [0.1, 0.15) is 6.42 Å². The molecule has 0 aliphatic carbocycles. The molecule has 1 amide bonds. The van der Waals surface area contributed by atoms with Gasteiger partial charge in [-0.25, -0.2) is 8.42 Å². The summed E-state index contributed by atoms with van der Waals surface area (Å²) < 4.78 is 32.0. The molecule has 0 bridgehead atoms. The van der Waals surface area contributed by atoms with E-state index in [2.05, 4.69) is 4.99 Å². The van der Waals surface area contributed by atoms with Crippen molar-refractivity contribution in [3.63, 3.8) is 0 Å². The molecule has 0 aliphatic rings. The number of sulfone groups is 1. The minimum Gasteiger partial charge on any atom is -0.493 e. The second-order valence-corrected chi connectivity index (χ2v) is 10.4. The summed E-state index contributed by atoms with van der Waals surface area (Å²) in [7, 11) is -3.30. The summed E-state index contributed by atoms with van der Waals surface area (Å²) in [4.78, 5) is 17.5. The highest BCUT2D eigenvalue weighted by Crippen LogP contribution is 2.22. The van der Waals surface area contributed by atoms with Gasteiger partial charge in [-0.3, -0.25) is 4.79 Å². The third-order valence-electron chi connectivity index (χ3n) is 4.15. The van der Waals surface area contributed by atoms with Gasteiger partial charge in [0.25, 0.3) is 5.91 Å². The number of thioether (sulfide) groups is 1. The van der Waals surface area contributed by atoms with Crippen LogP contribution < -0.4 is 9.54 Å². The molecule has 0 saturated carbocycles. The molecule has 0 atom stereocenters. The van der Waals surface area contributed by atoms with Crippen molar-refractivity contribution in [2.75, 3.05) is 24.9 Å². The monoisotopic (exact) mass is 450 g/mol. The molecule has 6 nitrogen and oxygen atoms in total. The topological polar surface area (TPSA) is 77.7 Å². The maximum atomic E-state index is 12.4. The molecule has 0 radical (unpaired) electrons. The van der Waals surface area contributed by atoms with E-state index >= 15 is 0 Å². The molecule has 0 N–H and O–H groups in total. The Balaban J connectivity index is 1.86. The number of hydrogen-bond acceptors (Lipinski definition) is 6. The Bertz CT molecular complexity index is 1170. The molecule has 3 rings (SSSR count). The molecule has 0 aliphatic heterocycles. The first-order chi connectivity index (χ1) is 13.9. The largest absolute Gasteiger partial charge is 0.493 e. The van der Waals surface area contributed by atoms with Crippen LogP contribution in [0.5, 0.6) is 5.75 Å². The Morgan fingerprint density at radius 1 is 1.21 bits per heavy atom. The molecule has 0 unspecified atom stereocenters. The number of para-hydroxylation sites is 1. The number of fused-ring (bicyclic) bond motifs is 1. The highest BCUT2D eigenvalue weighted by Gasteiger charge is 2.13. The number of aromatic nitrogens is 1. The van der Waals surface area contributed by atoms with Crippen LogP contribution in [0.3, 0.4) is 0 Å². The fourth-order valence-corrected chi connectivity index (χ4v) is 4.90. The van der Waals surface area contributed by atoms with Crippen molar-refractivity contribution < 1.29 is 17.9 Å². The van der Waals surface area contributed by atoms with Gasteiger partial charge >= 0.3 is 0 Å². The first-order valence-corrected chi connectivity index (χ1v) is 13.1. The highest BCUT2D eigenvalue weighted by molar-refractivity contribution is 7.98. The highest BCUT2D eigenvalue weighted by atomic mass is 32.2. The van der Waals surface area contributed by atoms with E-state index in [0.717, 1.165) is 16.0 Å². The lowest BCUT2D eigenvalue weighted by molar-refractivity contribution is -0.118. The van der Waals surface area contributed by atoms with Gasteiger partial charge in [-0.15, -0.1) is 0 Å². The Labute approximate surface area is 178 Å². The third kappa shape index (κ3) is 5.71. The maximum absolute atomic E-state index is 12.4. The van der Waals surface area contributed by atoms with E-state index in [0.29, 0.717) is 17.1 Å². The molecule has 3 aromatic rings. The molecular formula is C20H22N2O4S3. The van der Waals surface area contributed by atoms with Gasteiger partial charge in [-0.2, -0.15) is 16.8 Å². The van der Waals surface area contributed by atoms with Crippen molar-refractivity contribution in [2.24, 2.45) is 4.99 Å². The third-order valence-corrected chi connectivity index (χ3v) is 6.89. The van der Waals surface area contributed by atoms with Gasteiger partial charge in [0, 0.05) is 18.6 Å². The Morgan fingerprint density at radius 2 is 1.97 bits per heavy atom. The molecule has 0 spiro atoms. The van der Waals surface area contributed by atoms with E-state index in [-0.39, 0.29) is 23.8 Å². The van der Waals surface area contributed by atoms with Gasteiger partial charge in [-0.05, 0) is 36.6 Å². The predicted molar refractivity (Wildman–Crippen MR) is 118 cm³/mol.